The van der Waals surface area contributed by atoms with Gasteiger partial charge in [-0.2, -0.15) is 0 Å². The summed E-state index contributed by atoms with van der Waals surface area (Å²) in [5.74, 6) is 0.356. The zero-order valence-corrected chi connectivity index (χ0v) is 18.0. The predicted molar refractivity (Wildman–Crippen MR) is 114 cm³/mol. The van der Waals surface area contributed by atoms with Crippen LogP contribution >= 0.6 is 11.6 Å². The molecule has 0 aromatic heterocycles. The molecule has 8 heteroatoms. The van der Waals surface area contributed by atoms with Gasteiger partial charge in [0.2, 0.25) is 11.8 Å². The van der Waals surface area contributed by atoms with Crippen LogP contribution in [0.2, 0.25) is 5.02 Å². The first kappa shape index (κ1) is 23.2. The van der Waals surface area contributed by atoms with Crippen molar-refractivity contribution in [1.82, 2.24) is 10.9 Å². The molecule has 0 saturated heterocycles. The smallest absolute Gasteiger partial charge is 0.242 e. The fourth-order valence-corrected chi connectivity index (χ4v) is 2.97. The minimum absolute atomic E-state index is 0.0382. The van der Waals surface area contributed by atoms with Gasteiger partial charge in [0.05, 0.1) is 20.1 Å². The normalized spacial score (nSPS) is 10.3. The van der Waals surface area contributed by atoms with Gasteiger partial charge in [-0.1, -0.05) is 11.6 Å². The van der Waals surface area contributed by atoms with Crippen molar-refractivity contribution in [3.05, 3.63) is 58.1 Å². The number of hydrogen-bond donors (Lipinski definition) is 2. The number of ketones is 1. The second-order valence-electron chi connectivity index (χ2n) is 6.72. The van der Waals surface area contributed by atoms with Crippen molar-refractivity contribution in [2.75, 3.05) is 13.7 Å². The van der Waals surface area contributed by atoms with Crippen molar-refractivity contribution in [3.8, 4) is 11.5 Å². The third kappa shape index (κ3) is 7.08. The van der Waals surface area contributed by atoms with E-state index in [2.05, 4.69) is 10.9 Å². The summed E-state index contributed by atoms with van der Waals surface area (Å²) in [5, 5.41) is 0.639. The van der Waals surface area contributed by atoms with Gasteiger partial charge in [0, 0.05) is 22.6 Å². The third-order valence-corrected chi connectivity index (χ3v) is 4.56. The molecule has 0 aliphatic carbocycles. The monoisotopic (exact) mass is 432 g/mol. The van der Waals surface area contributed by atoms with Crippen LogP contribution in [0.4, 0.5) is 0 Å². The first-order chi connectivity index (χ1) is 14.3. The standard InChI is InChI=1S/C22H25ClN2O5/c1-14-11-18(23)7-9-19(14)30-10-4-5-21(27)24-25-22(28)13-17-12-16(15(2)26)6-8-20(17)29-3/h6-9,11-12H,4-5,10,13H2,1-3H3,(H,24,27)(H,25,28). The number of aryl methyl sites for hydroxylation is 1. The van der Waals surface area contributed by atoms with Crippen molar-refractivity contribution in [1.29, 1.82) is 0 Å². The zero-order chi connectivity index (χ0) is 22.1. The van der Waals surface area contributed by atoms with E-state index in [1.54, 1.807) is 36.4 Å². The van der Waals surface area contributed by atoms with Gasteiger partial charge in [-0.15, -0.1) is 0 Å². The lowest BCUT2D eigenvalue weighted by Crippen LogP contribution is -2.42. The molecule has 0 atom stereocenters. The Morgan fingerprint density at radius 1 is 1.00 bits per heavy atom. The number of carbonyl (C=O) groups is 3. The SMILES string of the molecule is COc1ccc(C(C)=O)cc1CC(=O)NNC(=O)CCCOc1ccc(Cl)cc1C. The highest BCUT2D eigenvalue weighted by Gasteiger charge is 2.12. The number of rotatable bonds is 9. The number of methoxy groups -OCH3 is 1. The van der Waals surface area contributed by atoms with Crippen molar-refractivity contribution in [3.63, 3.8) is 0 Å². The van der Waals surface area contributed by atoms with E-state index in [0.717, 1.165) is 11.3 Å². The Morgan fingerprint density at radius 2 is 1.70 bits per heavy atom. The summed E-state index contributed by atoms with van der Waals surface area (Å²) >= 11 is 5.90. The summed E-state index contributed by atoms with van der Waals surface area (Å²) in [6, 6.07) is 10.2. The van der Waals surface area contributed by atoms with Crippen molar-refractivity contribution in [2.45, 2.75) is 33.1 Å². The molecule has 0 fully saturated rings. The number of Topliss-reactive ketones (excluding diaryl/α,β-unsaturated/α-hetero) is 1. The molecule has 0 aliphatic rings. The summed E-state index contributed by atoms with van der Waals surface area (Å²) in [5.41, 5.74) is 6.71. The van der Waals surface area contributed by atoms with Gasteiger partial charge in [0.15, 0.2) is 5.78 Å². The molecule has 160 valence electrons. The molecule has 2 amide bonds. The number of benzene rings is 2. The quantitative estimate of drug-likeness (QED) is 0.360. The predicted octanol–water partition coefficient (Wildman–Crippen LogP) is 3.41. The Kier molecular flexibility index (Phi) is 8.68. The van der Waals surface area contributed by atoms with Crippen LogP contribution in [0, 0.1) is 6.92 Å². The highest BCUT2D eigenvalue weighted by molar-refractivity contribution is 6.30. The summed E-state index contributed by atoms with van der Waals surface area (Å²) < 4.78 is 10.9. The molecule has 7 nitrogen and oxygen atoms in total. The third-order valence-electron chi connectivity index (χ3n) is 4.32. The minimum Gasteiger partial charge on any atom is -0.496 e. The van der Waals surface area contributed by atoms with Crippen molar-refractivity contribution in [2.24, 2.45) is 0 Å². The number of amides is 2. The fourth-order valence-electron chi connectivity index (χ4n) is 2.74. The van der Waals surface area contributed by atoms with Crippen LogP contribution < -0.4 is 20.3 Å². The Labute approximate surface area is 180 Å². The second-order valence-corrected chi connectivity index (χ2v) is 7.15. The molecular formula is C22H25ClN2O5. The molecule has 0 unspecified atom stereocenters. The maximum absolute atomic E-state index is 12.1. The molecule has 2 rings (SSSR count). The molecule has 0 aliphatic heterocycles. The molecule has 0 heterocycles. The average Bonchev–Trinajstić information content (AvgIpc) is 2.70. The molecule has 0 saturated carbocycles. The summed E-state index contributed by atoms with van der Waals surface area (Å²) in [4.78, 5) is 35.6. The first-order valence-electron chi connectivity index (χ1n) is 9.44. The lowest BCUT2D eigenvalue weighted by atomic mass is 10.0. The Bertz CT molecular complexity index is 930. The summed E-state index contributed by atoms with van der Waals surface area (Å²) in [6.07, 6.45) is 0.637. The van der Waals surface area contributed by atoms with Crippen LogP contribution in [-0.4, -0.2) is 31.3 Å². The van der Waals surface area contributed by atoms with Crippen molar-refractivity contribution >= 4 is 29.2 Å². The number of halogens is 1. The fraction of sp³-hybridized carbons (Fsp3) is 0.318. The molecular weight excluding hydrogens is 408 g/mol. The van der Waals surface area contributed by atoms with Crippen LogP contribution in [0.1, 0.15) is 41.3 Å². The van der Waals surface area contributed by atoms with Crippen LogP contribution in [0.5, 0.6) is 11.5 Å². The summed E-state index contributed by atoms with van der Waals surface area (Å²) in [7, 11) is 1.49. The van der Waals surface area contributed by atoms with Crippen LogP contribution in [0.3, 0.4) is 0 Å². The zero-order valence-electron chi connectivity index (χ0n) is 17.2. The van der Waals surface area contributed by atoms with E-state index >= 15 is 0 Å². The van der Waals surface area contributed by atoms with E-state index in [9.17, 15) is 14.4 Å². The van der Waals surface area contributed by atoms with Crippen LogP contribution in [0.25, 0.3) is 0 Å². The summed E-state index contributed by atoms with van der Waals surface area (Å²) in [6.45, 7) is 3.70. The van der Waals surface area contributed by atoms with Gasteiger partial charge in [0.1, 0.15) is 11.5 Å². The number of ether oxygens (including phenoxy) is 2. The molecule has 2 N–H and O–H groups in total. The Hall–Kier alpha value is -3.06. The van der Waals surface area contributed by atoms with E-state index in [1.165, 1.54) is 14.0 Å². The lowest BCUT2D eigenvalue weighted by molar-refractivity contribution is -0.128. The van der Waals surface area contributed by atoms with E-state index in [4.69, 9.17) is 21.1 Å². The lowest BCUT2D eigenvalue weighted by Gasteiger charge is -2.11. The number of nitrogens with one attached hydrogen (secondary N) is 2. The van der Waals surface area contributed by atoms with E-state index in [0.29, 0.717) is 34.9 Å². The Morgan fingerprint density at radius 3 is 2.37 bits per heavy atom. The molecule has 0 radical (unpaired) electrons. The van der Waals surface area contributed by atoms with Crippen LogP contribution in [-0.2, 0) is 16.0 Å². The topological polar surface area (TPSA) is 93.7 Å². The molecule has 0 bridgehead atoms. The number of hydrogen-bond acceptors (Lipinski definition) is 5. The maximum atomic E-state index is 12.1. The van der Waals surface area contributed by atoms with Gasteiger partial charge in [-0.05, 0) is 62.2 Å². The number of carbonyl (C=O) groups excluding carboxylic acids is 3. The van der Waals surface area contributed by atoms with E-state index in [-0.39, 0.29) is 24.5 Å². The largest absolute Gasteiger partial charge is 0.496 e. The van der Waals surface area contributed by atoms with Gasteiger partial charge < -0.3 is 9.47 Å². The molecule has 30 heavy (non-hydrogen) atoms. The average molecular weight is 433 g/mol. The van der Waals surface area contributed by atoms with E-state index < -0.39 is 5.91 Å². The molecule has 2 aromatic carbocycles. The van der Waals surface area contributed by atoms with Gasteiger partial charge in [0.25, 0.3) is 0 Å². The van der Waals surface area contributed by atoms with Gasteiger partial charge in [-0.3, -0.25) is 25.2 Å². The maximum Gasteiger partial charge on any atom is 0.242 e. The number of hydrazine groups is 1. The van der Waals surface area contributed by atoms with Gasteiger partial charge in [-0.25, -0.2) is 0 Å². The minimum atomic E-state index is -0.421. The molecule has 2 aromatic rings. The second kappa shape index (κ2) is 11.2. The highest BCUT2D eigenvalue weighted by Crippen LogP contribution is 2.22. The molecule has 0 spiro atoms. The van der Waals surface area contributed by atoms with Crippen molar-refractivity contribution < 1.29 is 23.9 Å². The van der Waals surface area contributed by atoms with Gasteiger partial charge >= 0.3 is 0 Å². The van der Waals surface area contributed by atoms with E-state index in [1.807, 2.05) is 6.92 Å². The first-order valence-corrected chi connectivity index (χ1v) is 9.82. The highest BCUT2D eigenvalue weighted by atomic mass is 35.5. The van der Waals surface area contributed by atoms with Crippen LogP contribution in [0.15, 0.2) is 36.4 Å². The Balaban J connectivity index is 1.75.